The number of rotatable bonds is 9. The van der Waals surface area contributed by atoms with Gasteiger partial charge in [0.1, 0.15) is 0 Å². The van der Waals surface area contributed by atoms with Crippen LogP contribution < -0.4 is 11.1 Å². The lowest BCUT2D eigenvalue weighted by Crippen LogP contribution is -2.31. The molecule has 2 atom stereocenters. The van der Waals surface area contributed by atoms with Gasteiger partial charge in [0, 0.05) is 27.4 Å². The molecule has 0 radical (unpaired) electrons. The lowest BCUT2D eigenvalue weighted by atomic mass is 9.81. The van der Waals surface area contributed by atoms with Crippen LogP contribution in [0.15, 0.2) is 212 Å². The van der Waals surface area contributed by atoms with Crippen molar-refractivity contribution in [3.8, 4) is 39.1 Å². The average molecular weight is 798 g/mol. The van der Waals surface area contributed by atoms with E-state index in [0.29, 0.717) is 0 Å². The molecular formula is C59H47N3. The fourth-order valence-electron chi connectivity index (χ4n) is 9.90. The summed E-state index contributed by atoms with van der Waals surface area (Å²) in [4.78, 5) is 0. The van der Waals surface area contributed by atoms with Gasteiger partial charge in [-0.25, -0.2) is 0 Å². The van der Waals surface area contributed by atoms with E-state index in [2.05, 4.69) is 224 Å². The topological polar surface area (TPSA) is 43.0 Å². The zero-order valence-corrected chi connectivity index (χ0v) is 35.0. The van der Waals surface area contributed by atoms with Crippen molar-refractivity contribution in [1.82, 2.24) is 9.88 Å². The summed E-state index contributed by atoms with van der Waals surface area (Å²) in [5.41, 5.74) is 23.9. The van der Waals surface area contributed by atoms with Crippen LogP contribution in [-0.2, 0) is 5.41 Å². The molecule has 10 aromatic rings. The monoisotopic (exact) mass is 797 g/mol. The molecule has 1 heterocycles. The second-order valence-corrected chi connectivity index (χ2v) is 17.1. The Hall–Kier alpha value is -7.30. The van der Waals surface area contributed by atoms with E-state index in [0.717, 1.165) is 27.9 Å². The van der Waals surface area contributed by atoms with Crippen LogP contribution in [0.2, 0.25) is 0 Å². The maximum Gasteiger partial charge on any atom is 0.0817 e. The lowest BCUT2D eigenvalue weighted by Gasteiger charge is -2.22. The molecule has 0 amide bonds. The molecule has 0 fully saturated rings. The number of nitrogens with two attached hydrogens (primary N) is 1. The molecular weight excluding hydrogens is 751 g/mol. The van der Waals surface area contributed by atoms with E-state index in [4.69, 9.17) is 5.73 Å². The molecule has 0 spiro atoms. The second kappa shape index (κ2) is 15.3. The Morgan fingerprint density at radius 2 is 1.16 bits per heavy atom. The number of hydrogen-bond donors (Lipinski definition) is 2. The number of benzene rings is 9. The van der Waals surface area contributed by atoms with Crippen LogP contribution in [-0.4, -0.2) is 4.57 Å². The largest absolute Gasteiger partial charge is 0.312 e. The number of hydrogen-bond acceptors (Lipinski definition) is 2. The van der Waals surface area contributed by atoms with Crippen LogP contribution in [0.1, 0.15) is 53.9 Å². The fraction of sp³-hybridized carbons (Fsp3) is 0.0847. The Morgan fingerprint density at radius 1 is 0.516 bits per heavy atom. The molecule has 1 aliphatic carbocycles. The van der Waals surface area contributed by atoms with Crippen molar-refractivity contribution < 1.29 is 0 Å². The normalized spacial score (nSPS) is 14.0. The molecule has 3 nitrogen and oxygen atoms in total. The zero-order valence-electron chi connectivity index (χ0n) is 35.0. The highest BCUT2D eigenvalue weighted by atomic mass is 15.0. The van der Waals surface area contributed by atoms with E-state index in [1.165, 1.54) is 71.5 Å². The highest BCUT2D eigenvalue weighted by molar-refractivity contribution is 6.13. The minimum absolute atomic E-state index is 0.0832. The van der Waals surface area contributed by atoms with Crippen molar-refractivity contribution >= 4 is 38.7 Å². The molecule has 1 aliphatic rings. The predicted molar refractivity (Wildman–Crippen MR) is 261 cm³/mol. The van der Waals surface area contributed by atoms with Crippen LogP contribution in [0, 0.1) is 0 Å². The minimum Gasteiger partial charge on any atom is -0.312 e. The van der Waals surface area contributed by atoms with Crippen LogP contribution >= 0.6 is 0 Å². The van der Waals surface area contributed by atoms with E-state index in [-0.39, 0.29) is 17.6 Å². The smallest absolute Gasteiger partial charge is 0.0817 e. The molecule has 0 bridgehead atoms. The van der Waals surface area contributed by atoms with Crippen LogP contribution in [0.3, 0.4) is 0 Å². The first-order chi connectivity index (χ1) is 30.4. The van der Waals surface area contributed by atoms with Gasteiger partial charge in [0.25, 0.3) is 0 Å². The van der Waals surface area contributed by atoms with E-state index in [1.54, 1.807) is 0 Å². The third-order valence-corrected chi connectivity index (χ3v) is 13.1. The van der Waals surface area contributed by atoms with Gasteiger partial charge in [-0.3, -0.25) is 5.32 Å². The van der Waals surface area contributed by atoms with Gasteiger partial charge in [0.15, 0.2) is 0 Å². The van der Waals surface area contributed by atoms with Crippen LogP contribution in [0.5, 0.6) is 0 Å². The molecule has 11 rings (SSSR count). The van der Waals surface area contributed by atoms with E-state index in [9.17, 15) is 0 Å². The van der Waals surface area contributed by atoms with E-state index in [1.807, 2.05) is 18.2 Å². The van der Waals surface area contributed by atoms with Gasteiger partial charge >= 0.3 is 0 Å². The van der Waals surface area contributed by atoms with E-state index >= 15 is 0 Å². The lowest BCUT2D eigenvalue weighted by molar-refractivity contribution is 0.509. The number of nitrogens with zero attached hydrogens (tertiary/aromatic N) is 1. The summed E-state index contributed by atoms with van der Waals surface area (Å²) >= 11 is 0. The van der Waals surface area contributed by atoms with Gasteiger partial charge in [0.2, 0.25) is 0 Å². The minimum atomic E-state index is -0.370. The predicted octanol–water partition coefficient (Wildman–Crippen LogP) is 14.6. The molecule has 1 aromatic heterocycles. The van der Waals surface area contributed by atoms with Gasteiger partial charge in [-0.2, -0.15) is 0 Å². The maximum absolute atomic E-state index is 6.92. The molecule has 0 saturated carbocycles. The Labute approximate surface area is 363 Å². The molecule has 3 heteroatoms. The summed E-state index contributed by atoms with van der Waals surface area (Å²) in [5, 5.41) is 8.82. The quantitative estimate of drug-likeness (QED) is 0.143. The van der Waals surface area contributed by atoms with Gasteiger partial charge in [-0.15, -0.1) is 0 Å². The number of fused-ring (bicyclic) bond motifs is 7. The first-order valence-corrected chi connectivity index (χ1v) is 21.6. The molecule has 298 valence electrons. The molecule has 0 saturated heterocycles. The summed E-state index contributed by atoms with van der Waals surface area (Å²) in [6.07, 6.45) is 4.10. The SMILES string of the molecule is CC1(C)c2cc3ccccc3cc2-c2c(-c3ccc(/C=C/C(NC(N)c4ccccc4)c4cccc(-c5cccc6c7ccccc7n(-c7ccccc7)c56)c4)cc3)cccc21. The summed E-state index contributed by atoms with van der Waals surface area (Å²) in [6.45, 7) is 4.72. The van der Waals surface area contributed by atoms with Crippen LogP contribution in [0.4, 0.5) is 0 Å². The molecule has 62 heavy (non-hydrogen) atoms. The number of nitrogens with one attached hydrogen (secondary N) is 1. The van der Waals surface area contributed by atoms with Crippen molar-refractivity contribution in [3.63, 3.8) is 0 Å². The van der Waals surface area contributed by atoms with E-state index < -0.39 is 0 Å². The number of aromatic nitrogens is 1. The van der Waals surface area contributed by atoms with Crippen LogP contribution in [0.25, 0.3) is 77.7 Å². The summed E-state index contributed by atoms with van der Waals surface area (Å²) in [5.74, 6) is 0. The Bertz CT molecular complexity index is 3300. The standard InChI is InChI=1S/C59H47N3/c1-59(2)52-28-15-25-47(56(52)51-37-42-18-9-10-19-43(42)38-53(51)59)40-33-30-39(31-34-40)32-35-54(61-58(60)41-16-5-3-6-17-41)45-21-13-20-44(36-45)48-26-14-27-50-49-24-11-12-29-55(49)62(57(48)50)46-22-7-4-8-23-46/h3-38,54,58,61H,60H2,1-2H3/b35-32+. The van der Waals surface area contributed by atoms with Crippen molar-refractivity contribution in [3.05, 3.63) is 240 Å². The highest BCUT2D eigenvalue weighted by Gasteiger charge is 2.37. The van der Waals surface area contributed by atoms with Gasteiger partial charge in [0.05, 0.1) is 23.2 Å². The molecule has 9 aromatic carbocycles. The van der Waals surface area contributed by atoms with Crippen molar-refractivity contribution in [2.75, 3.05) is 0 Å². The summed E-state index contributed by atoms with van der Waals surface area (Å²) in [7, 11) is 0. The Balaban J connectivity index is 0.967. The average Bonchev–Trinajstić information content (AvgIpc) is 3.78. The van der Waals surface area contributed by atoms with Gasteiger partial charge < -0.3 is 10.3 Å². The fourth-order valence-corrected chi connectivity index (χ4v) is 9.90. The van der Waals surface area contributed by atoms with Gasteiger partial charge in [-0.05, 0) is 103 Å². The second-order valence-electron chi connectivity index (χ2n) is 17.1. The van der Waals surface area contributed by atoms with Gasteiger partial charge in [-0.1, -0.05) is 196 Å². The molecule has 2 unspecified atom stereocenters. The zero-order chi connectivity index (χ0) is 41.8. The summed E-state index contributed by atoms with van der Waals surface area (Å²) < 4.78 is 2.41. The first kappa shape index (κ1) is 37.7. The van der Waals surface area contributed by atoms with Crippen molar-refractivity contribution in [1.29, 1.82) is 0 Å². The highest BCUT2D eigenvalue weighted by Crippen LogP contribution is 2.53. The van der Waals surface area contributed by atoms with Crippen molar-refractivity contribution in [2.45, 2.75) is 31.5 Å². The Morgan fingerprint density at radius 3 is 1.97 bits per heavy atom. The van der Waals surface area contributed by atoms with Crippen molar-refractivity contribution in [2.24, 2.45) is 5.73 Å². The third kappa shape index (κ3) is 6.46. The molecule has 0 aliphatic heterocycles. The number of para-hydroxylation sites is 3. The first-order valence-electron chi connectivity index (χ1n) is 21.6. The molecule has 3 N–H and O–H groups in total. The Kier molecular flexibility index (Phi) is 9.30. The summed E-state index contributed by atoms with van der Waals surface area (Å²) in [6, 6.07) is 74.4. The third-order valence-electron chi connectivity index (χ3n) is 13.1. The maximum atomic E-state index is 6.92.